The van der Waals surface area contributed by atoms with Crippen molar-refractivity contribution >= 4 is 12.0 Å². The van der Waals surface area contributed by atoms with Gasteiger partial charge in [0.2, 0.25) is 0 Å². The van der Waals surface area contributed by atoms with E-state index in [-0.39, 0.29) is 12.2 Å². The molecule has 1 heterocycles. The average Bonchev–Trinajstić information content (AvgIpc) is 2.58. The van der Waals surface area contributed by atoms with Gasteiger partial charge in [-0.15, -0.1) is 0 Å². The smallest absolute Gasteiger partial charge is 0.335 e. The molecule has 1 aliphatic rings. The second-order valence-electron chi connectivity index (χ2n) is 5.24. The number of benzene rings is 2. The molecule has 2 aromatic carbocycles. The van der Waals surface area contributed by atoms with E-state index < -0.39 is 5.97 Å². The Labute approximate surface area is 137 Å². The fourth-order valence-electron chi connectivity index (χ4n) is 2.50. The van der Waals surface area contributed by atoms with Crippen molar-refractivity contribution in [1.82, 2.24) is 0 Å². The lowest BCUT2D eigenvalue weighted by Gasteiger charge is -2.18. The molecule has 0 aromatic heterocycles. The van der Waals surface area contributed by atoms with Crippen LogP contribution in [0.15, 0.2) is 48.0 Å². The summed E-state index contributed by atoms with van der Waals surface area (Å²) in [5.41, 5.74) is 4.72. The van der Waals surface area contributed by atoms with Crippen molar-refractivity contribution in [2.24, 2.45) is 0 Å². The summed E-state index contributed by atoms with van der Waals surface area (Å²) in [5.74, 6) is -0.164. The molecule has 3 nitrogen and oxygen atoms in total. The molecule has 0 bridgehead atoms. The molecule has 23 heavy (non-hydrogen) atoms. The van der Waals surface area contributed by atoms with Gasteiger partial charge >= 0.3 is 5.97 Å². The van der Waals surface area contributed by atoms with E-state index in [9.17, 15) is 4.79 Å². The van der Waals surface area contributed by atoms with Crippen LogP contribution in [-0.2, 0) is 11.2 Å². The Kier molecular flexibility index (Phi) is 5.58. The Hall–Kier alpha value is -2.55. The third-order valence-electron chi connectivity index (χ3n) is 3.69. The quantitative estimate of drug-likeness (QED) is 0.909. The molecular formula is C20H22O3. The minimum Gasteiger partial charge on any atom is -0.488 e. The van der Waals surface area contributed by atoms with Gasteiger partial charge < -0.3 is 9.84 Å². The summed E-state index contributed by atoms with van der Waals surface area (Å²) in [7, 11) is 0. The molecule has 0 atom stereocenters. The lowest BCUT2D eigenvalue weighted by molar-refractivity contribution is -0.132. The number of carbonyl (C=O) groups is 1. The molecule has 120 valence electrons. The fraction of sp³-hybridized carbons (Fsp3) is 0.250. The van der Waals surface area contributed by atoms with Crippen LogP contribution in [0.3, 0.4) is 0 Å². The standard InChI is InChI=1S/C18H16O3.C2H6/c1-12-7-15-9-16(18(19)20)11-21-17(15)10-14(12)8-13-5-3-2-4-6-13;1-2/h2-7,9-10H,8,11H2,1H3,(H,19,20);1-2H3. The highest BCUT2D eigenvalue weighted by Gasteiger charge is 2.17. The highest BCUT2D eigenvalue weighted by molar-refractivity contribution is 5.93. The van der Waals surface area contributed by atoms with Crippen molar-refractivity contribution in [2.45, 2.75) is 27.2 Å². The molecule has 0 amide bonds. The van der Waals surface area contributed by atoms with Crippen molar-refractivity contribution in [3.63, 3.8) is 0 Å². The number of carboxylic acid groups (broad SMARTS) is 1. The largest absolute Gasteiger partial charge is 0.488 e. The number of aliphatic carboxylic acids is 1. The topological polar surface area (TPSA) is 46.5 Å². The van der Waals surface area contributed by atoms with E-state index >= 15 is 0 Å². The molecule has 1 N–H and O–H groups in total. The van der Waals surface area contributed by atoms with Crippen molar-refractivity contribution in [3.05, 3.63) is 70.3 Å². The highest BCUT2D eigenvalue weighted by Crippen LogP contribution is 2.30. The Morgan fingerprint density at radius 2 is 1.87 bits per heavy atom. The summed E-state index contributed by atoms with van der Waals surface area (Å²) in [5, 5.41) is 9.03. The first kappa shape index (κ1) is 16.8. The first-order valence-corrected chi connectivity index (χ1v) is 7.87. The van der Waals surface area contributed by atoms with Crippen LogP contribution in [0.2, 0.25) is 0 Å². The van der Waals surface area contributed by atoms with Crippen LogP contribution in [0, 0.1) is 6.92 Å². The minimum atomic E-state index is -0.924. The van der Waals surface area contributed by atoms with E-state index in [2.05, 4.69) is 12.1 Å². The number of hydrogen-bond donors (Lipinski definition) is 1. The maximum absolute atomic E-state index is 11.0. The number of hydrogen-bond acceptors (Lipinski definition) is 2. The molecule has 0 fully saturated rings. The predicted octanol–water partition coefficient (Wildman–Crippen LogP) is 4.47. The van der Waals surface area contributed by atoms with E-state index in [4.69, 9.17) is 9.84 Å². The Balaban J connectivity index is 0.000000924. The second-order valence-corrected chi connectivity index (χ2v) is 5.24. The summed E-state index contributed by atoms with van der Waals surface area (Å²) < 4.78 is 5.58. The molecule has 0 spiro atoms. The molecule has 0 aliphatic carbocycles. The summed E-state index contributed by atoms with van der Waals surface area (Å²) in [6.45, 7) is 6.16. The van der Waals surface area contributed by atoms with Gasteiger partial charge in [0, 0.05) is 5.56 Å². The van der Waals surface area contributed by atoms with Gasteiger partial charge in [-0.3, -0.25) is 0 Å². The number of fused-ring (bicyclic) bond motifs is 1. The van der Waals surface area contributed by atoms with Gasteiger partial charge in [-0.1, -0.05) is 44.2 Å². The number of aryl methyl sites for hydroxylation is 1. The van der Waals surface area contributed by atoms with Crippen LogP contribution in [-0.4, -0.2) is 17.7 Å². The van der Waals surface area contributed by atoms with Crippen molar-refractivity contribution in [3.8, 4) is 5.75 Å². The molecule has 0 saturated heterocycles. The van der Waals surface area contributed by atoms with Crippen molar-refractivity contribution in [2.75, 3.05) is 6.61 Å². The van der Waals surface area contributed by atoms with Gasteiger partial charge in [0.1, 0.15) is 12.4 Å². The highest BCUT2D eigenvalue weighted by atomic mass is 16.5. The molecule has 1 aliphatic heterocycles. The zero-order valence-corrected chi connectivity index (χ0v) is 13.8. The predicted molar refractivity (Wildman–Crippen MR) is 92.9 cm³/mol. The monoisotopic (exact) mass is 310 g/mol. The van der Waals surface area contributed by atoms with Crippen LogP contribution >= 0.6 is 0 Å². The fourth-order valence-corrected chi connectivity index (χ4v) is 2.50. The third kappa shape index (κ3) is 4.01. The van der Waals surface area contributed by atoms with E-state index in [0.717, 1.165) is 23.3 Å². The molecular weight excluding hydrogens is 288 g/mol. The third-order valence-corrected chi connectivity index (χ3v) is 3.69. The first-order valence-electron chi connectivity index (χ1n) is 7.87. The normalized spacial score (nSPS) is 12.2. The SMILES string of the molecule is CC.Cc1cc2c(cc1Cc1ccccc1)OCC(C(=O)O)=C2. The summed E-state index contributed by atoms with van der Waals surface area (Å²) in [6, 6.07) is 14.3. The molecule has 2 aromatic rings. The number of rotatable bonds is 3. The molecule has 3 rings (SSSR count). The Morgan fingerprint density at radius 1 is 1.17 bits per heavy atom. The zero-order chi connectivity index (χ0) is 16.8. The van der Waals surface area contributed by atoms with Crippen LogP contribution in [0.25, 0.3) is 6.08 Å². The van der Waals surface area contributed by atoms with Crippen molar-refractivity contribution in [1.29, 1.82) is 0 Å². The van der Waals surface area contributed by atoms with Crippen molar-refractivity contribution < 1.29 is 14.6 Å². The Morgan fingerprint density at radius 3 is 2.52 bits per heavy atom. The van der Waals surface area contributed by atoms with Crippen LogP contribution in [0.5, 0.6) is 5.75 Å². The molecule has 0 saturated carbocycles. The number of carboxylic acids is 1. The Bertz CT molecular complexity index is 715. The van der Waals surface area contributed by atoms with E-state index in [0.29, 0.717) is 0 Å². The van der Waals surface area contributed by atoms with Gasteiger partial charge in [-0.05, 0) is 48.2 Å². The summed E-state index contributed by atoms with van der Waals surface area (Å²) in [4.78, 5) is 11.0. The number of ether oxygens (including phenoxy) is 1. The van der Waals surface area contributed by atoms with Crippen LogP contribution in [0.4, 0.5) is 0 Å². The van der Waals surface area contributed by atoms with Crippen LogP contribution in [0.1, 0.15) is 36.1 Å². The maximum atomic E-state index is 11.0. The maximum Gasteiger partial charge on any atom is 0.335 e. The van der Waals surface area contributed by atoms with Gasteiger partial charge in [0.05, 0.1) is 5.57 Å². The summed E-state index contributed by atoms with van der Waals surface area (Å²) >= 11 is 0. The average molecular weight is 310 g/mol. The molecule has 0 radical (unpaired) electrons. The second kappa shape index (κ2) is 7.63. The lowest BCUT2D eigenvalue weighted by atomic mass is 9.96. The van der Waals surface area contributed by atoms with E-state index in [1.54, 1.807) is 6.08 Å². The zero-order valence-electron chi connectivity index (χ0n) is 13.8. The minimum absolute atomic E-state index is 0.121. The summed E-state index contributed by atoms with van der Waals surface area (Å²) in [6.07, 6.45) is 2.54. The first-order chi connectivity index (χ1) is 11.1. The van der Waals surface area contributed by atoms with Gasteiger partial charge in [-0.25, -0.2) is 4.79 Å². The molecule has 0 unspecified atom stereocenters. The lowest BCUT2D eigenvalue weighted by Crippen LogP contribution is -2.14. The van der Waals surface area contributed by atoms with E-state index in [1.807, 2.05) is 51.1 Å². The van der Waals surface area contributed by atoms with Gasteiger partial charge in [-0.2, -0.15) is 0 Å². The van der Waals surface area contributed by atoms with Crippen LogP contribution < -0.4 is 4.74 Å². The van der Waals surface area contributed by atoms with Gasteiger partial charge in [0.25, 0.3) is 0 Å². The molecule has 3 heteroatoms. The van der Waals surface area contributed by atoms with E-state index in [1.165, 1.54) is 11.1 Å². The van der Waals surface area contributed by atoms with Gasteiger partial charge in [0.15, 0.2) is 0 Å².